The second-order valence-electron chi connectivity index (χ2n) is 7.43. The number of hydrogen-bond acceptors (Lipinski definition) is 3. The van der Waals surface area contributed by atoms with Gasteiger partial charge in [-0.1, -0.05) is 25.4 Å². The van der Waals surface area contributed by atoms with Gasteiger partial charge in [-0.05, 0) is 50.2 Å². The number of carbonyl (C=O) groups is 2. The van der Waals surface area contributed by atoms with Crippen molar-refractivity contribution < 1.29 is 9.59 Å². The molecule has 1 aromatic carbocycles. The number of amides is 2. The molecule has 5 nitrogen and oxygen atoms in total. The first-order valence-corrected chi connectivity index (χ1v) is 8.57. The number of rotatable bonds is 6. The Bertz CT molecular complexity index is 599. The fraction of sp³-hybridized carbons (Fsp3) is 0.556. The van der Waals surface area contributed by atoms with Crippen molar-refractivity contribution in [3.05, 3.63) is 29.3 Å². The molecule has 0 aromatic heterocycles. The Morgan fingerprint density at radius 2 is 1.96 bits per heavy atom. The molecule has 1 aromatic rings. The quantitative estimate of drug-likeness (QED) is 0.801. The van der Waals surface area contributed by atoms with E-state index in [0.29, 0.717) is 24.5 Å². The van der Waals surface area contributed by atoms with Crippen LogP contribution >= 0.6 is 11.6 Å². The molecule has 0 saturated carbocycles. The zero-order valence-electron chi connectivity index (χ0n) is 14.8. The van der Waals surface area contributed by atoms with Gasteiger partial charge in [0.2, 0.25) is 11.8 Å². The minimum Gasteiger partial charge on any atom is -0.355 e. The molecule has 1 unspecified atom stereocenters. The molecule has 1 heterocycles. The van der Waals surface area contributed by atoms with Crippen LogP contribution in [0.2, 0.25) is 5.02 Å². The maximum atomic E-state index is 12.6. The summed E-state index contributed by atoms with van der Waals surface area (Å²) in [5.41, 5.74) is 0.740. The normalized spacial score (nSPS) is 18.3. The topological polar surface area (TPSA) is 52.7 Å². The molecule has 0 radical (unpaired) electrons. The standard InChI is InChI=1S/C18H26ClN3O2/c1-18(2,12-21(3)4)11-20-16(23)15-9-10-22(17(15)24)14-7-5-13(19)6-8-14/h5-8,15H,9-12H2,1-4H3,(H,20,23). The minimum absolute atomic E-state index is 0.0450. The highest BCUT2D eigenvalue weighted by molar-refractivity contribution is 6.30. The molecule has 1 aliphatic rings. The number of nitrogens with zero attached hydrogens (tertiary/aromatic N) is 2. The lowest BCUT2D eigenvalue weighted by Gasteiger charge is -2.28. The van der Waals surface area contributed by atoms with Crippen molar-refractivity contribution in [2.24, 2.45) is 11.3 Å². The predicted octanol–water partition coefficient (Wildman–Crippen LogP) is 2.40. The minimum atomic E-state index is -0.601. The third kappa shape index (κ3) is 4.71. The smallest absolute Gasteiger partial charge is 0.239 e. The van der Waals surface area contributed by atoms with Gasteiger partial charge in [0, 0.05) is 30.3 Å². The van der Waals surface area contributed by atoms with Crippen LogP contribution in [0.25, 0.3) is 0 Å². The third-order valence-corrected chi connectivity index (χ3v) is 4.40. The number of nitrogens with one attached hydrogen (secondary N) is 1. The van der Waals surface area contributed by atoms with E-state index in [1.165, 1.54) is 0 Å². The summed E-state index contributed by atoms with van der Waals surface area (Å²) in [6, 6.07) is 7.12. The van der Waals surface area contributed by atoms with Crippen molar-refractivity contribution in [2.45, 2.75) is 20.3 Å². The lowest BCUT2D eigenvalue weighted by molar-refractivity contribution is -0.132. The Labute approximate surface area is 149 Å². The van der Waals surface area contributed by atoms with Crippen LogP contribution in [0.5, 0.6) is 0 Å². The van der Waals surface area contributed by atoms with Gasteiger partial charge in [-0.15, -0.1) is 0 Å². The van der Waals surface area contributed by atoms with E-state index in [0.717, 1.165) is 12.2 Å². The van der Waals surface area contributed by atoms with E-state index in [4.69, 9.17) is 11.6 Å². The molecule has 2 amide bonds. The highest BCUT2D eigenvalue weighted by atomic mass is 35.5. The van der Waals surface area contributed by atoms with Crippen molar-refractivity contribution in [2.75, 3.05) is 38.6 Å². The van der Waals surface area contributed by atoms with Crippen LogP contribution in [-0.2, 0) is 9.59 Å². The van der Waals surface area contributed by atoms with E-state index >= 15 is 0 Å². The van der Waals surface area contributed by atoms with Gasteiger partial charge in [0.15, 0.2) is 0 Å². The molecule has 24 heavy (non-hydrogen) atoms. The second kappa shape index (κ2) is 7.53. The maximum absolute atomic E-state index is 12.6. The molecule has 0 spiro atoms. The largest absolute Gasteiger partial charge is 0.355 e. The van der Waals surface area contributed by atoms with E-state index in [1.54, 1.807) is 29.2 Å². The van der Waals surface area contributed by atoms with E-state index < -0.39 is 5.92 Å². The van der Waals surface area contributed by atoms with Crippen LogP contribution in [0, 0.1) is 11.3 Å². The second-order valence-corrected chi connectivity index (χ2v) is 7.86. The van der Waals surface area contributed by atoms with Crippen molar-refractivity contribution in [1.82, 2.24) is 10.2 Å². The van der Waals surface area contributed by atoms with Crippen LogP contribution in [0.1, 0.15) is 20.3 Å². The average molecular weight is 352 g/mol. The molecule has 2 rings (SSSR count). The van der Waals surface area contributed by atoms with Crippen LogP contribution < -0.4 is 10.2 Å². The van der Waals surface area contributed by atoms with Crippen molar-refractivity contribution in [1.29, 1.82) is 0 Å². The Kier molecular flexibility index (Phi) is 5.88. The molecule has 132 valence electrons. The van der Waals surface area contributed by atoms with E-state index in [1.807, 2.05) is 14.1 Å². The van der Waals surface area contributed by atoms with Gasteiger partial charge in [0.05, 0.1) is 0 Å². The lowest BCUT2D eigenvalue weighted by Crippen LogP contribution is -2.43. The summed E-state index contributed by atoms with van der Waals surface area (Å²) in [6.45, 7) is 6.17. The Balaban J connectivity index is 1.94. The van der Waals surface area contributed by atoms with Gasteiger partial charge >= 0.3 is 0 Å². The molecule has 1 aliphatic heterocycles. The van der Waals surface area contributed by atoms with E-state index in [-0.39, 0.29) is 17.2 Å². The highest BCUT2D eigenvalue weighted by Crippen LogP contribution is 2.26. The molecule has 0 bridgehead atoms. The Morgan fingerprint density at radius 1 is 1.33 bits per heavy atom. The molecule has 1 saturated heterocycles. The first-order chi connectivity index (χ1) is 11.2. The van der Waals surface area contributed by atoms with E-state index in [2.05, 4.69) is 24.1 Å². The van der Waals surface area contributed by atoms with Crippen molar-refractivity contribution in [3.8, 4) is 0 Å². The molecule has 1 fully saturated rings. The summed E-state index contributed by atoms with van der Waals surface area (Å²) in [5, 5.41) is 3.58. The van der Waals surface area contributed by atoms with Crippen LogP contribution in [0.3, 0.4) is 0 Å². The van der Waals surface area contributed by atoms with Crippen LogP contribution in [-0.4, -0.2) is 50.4 Å². The van der Waals surface area contributed by atoms with Crippen molar-refractivity contribution in [3.63, 3.8) is 0 Å². The first-order valence-electron chi connectivity index (χ1n) is 8.19. The first kappa shape index (κ1) is 18.7. The summed E-state index contributed by atoms with van der Waals surface area (Å²) < 4.78 is 0. The van der Waals surface area contributed by atoms with Gasteiger partial charge < -0.3 is 15.1 Å². The molecule has 1 atom stereocenters. The van der Waals surface area contributed by atoms with Crippen molar-refractivity contribution >= 4 is 29.1 Å². The van der Waals surface area contributed by atoms with Gasteiger partial charge in [-0.2, -0.15) is 0 Å². The van der Waals surface area contributed by atoms with Crippen LogP contribution in [0.4, 0.5) is 5.69 Å². The zero-order valence-corrected chi connectivity index (χ0v) is 15.6. The Morgan fingerprint density at radius 3 is 2.54 bits per heavy atom. The summed E-state index contributed by atoms with van der Waals surface area (Å²) in [4.78, 5) is 28.7. The van der Waals surface area contributed by atoms with Gasteiger partial charge in [0.25, 0.3) is 0 Å². The zero-order chi connectivity index (χ0) is 17.9. The summed E-state index contributed by atoms with van der Waals surface area (Å²) >= 11 is 5.88. The summed E-state index contributed by atoms with van der Waals surface area (Å²) in [6.07, 6.45) is 0.543. The number of carbonyl (C=O) groups excluding carboxylic acids is 2. The number of anilines is 1. The summed E-state index contributed by atoms with van der Waals surface area (Å²) in [7, 11) is 4.02. The molecule has 6 heteroatoms. The third-order valence-electron chi connectivity index (χ3n) is 4.15. The maximum Gasteiger partial charge on any atom is 0.239 e. The van der Waals surface area contributed by atoms with Gasteiger partial charge in [0.1, 0.15) is 5.92 Å². The molecular weight excluding hydrogens is 326 g/mol. The lowest BCUT2D eigenvalue weighted by atomic mass is 9.92. The fourth-order valence-corrected chi connectivity index (χ4v) is 3.29. The van der Waals surface area contributed by atoms with E-state index in [9.17, 15) is 9.59 Å². The van der Waals surface area contributed by atoms with Gasteiger partial charge in [-0.3, -0.25) is 9.59 Å². The molecule has 1 N–H and O–H groups in total. The molecule has 0 aliphatic carbocycles. The van der Waals surface area contributed by atoms with Crippen LogP contribution in [0.15, 0.2) is 24.3 Å². The van der Waals surface area contributed by atoms with Gasteiger partial charge in [-0.25, -0.2) is 0 Å². The number of hydrogen-bond donors (Lipinski definition) is 1. The number of halogens is 1. The summed E-state index contributed by atoms with van der Waals surface area (Å²) in [5.74, 6) is -0.917. The molecular formula is C18H26ClN3O2. The highest BCUT2D eigenvalue weighted by Gasteiger charge is 2.38. The Hall–Kier alpha value is -1.59. The number of benzene rings is 1. The monoisotopic (exact) mass is 351 g/mol. The SMILES string of the molecule is CN(C)CC(C)(C)CNC(=O)C1CCN(c2ccc(Cl)cc2)C1=O. The fourth-order valence-electron chi connectivity index (χ4n) is 3.16. The predicted molar refractivity (Wildman–Crippen MR) is 97.3 cm³/mol. The average Bonchev–Trinajstić information content (AvgIpc) is 2.86.